The molecule has 0 amide bonds. The van der Waals surface area contributed by atoms with Crippen LogP contribution in [0, 0.1) is 5.41 Å². The van der Waals surface area contributed by atoms with Crippen LogP contribution in [0.2, 0.25) is 0 Å². The van der Waals surface area contributed by atoms with E-state index in [-0.39, 0.29) is 22.2 Å². The Morgan fingerprint density at radius 3 is 2.13 bits per heavy atom. The van der Waals surface area contributed by atoms with Crippen molar-refractivity contribution in [3.63, 3.8) is 0 Å². The van der Waals surface area contributed by atoms with Crippen molar-refractivity contribution in [1.29, 1.82) is 0 Å². The van der Waals surface area contributed by atoms with Crippen molar-refractivity contribution < 1.29 is 8.42 Å². The van der Waals surface area contributed by atoms with Crippen molar-refractivity contribution in [2.45, 2.75) is 33.7 Å². The summed E-state index contributed by atoms with van der Waals surface area (Å²) in [5.74, 6) is -0.265. The molecule has 0 bridgehead atoms. The topological polar surface area (TPSA) is 63.4 Å². The zero-order valence-corrected chi connectivity index (χ0v) is 11.6. The fourth-order valence-corrected chi connectivity index (χ4v) is 2.88. The number of thiocarbonyl (C=S) groups is 1. The summed E-state index contributed by atoms with van der Waals surface area (Å²) in [6.07, 6.45) is 0. The number of hydrogen-bond donors (Lipinski definition) is 1. The predicted octanol–water partition coefficient (Wildman–Crippen LogP) is 0.969. The zero-order chi connectivity index (χ0) is 12.4. The quantitative estimate of drug-likeness (QED) is 0.757. The van der Waals surface area contributed by atoms with E-state index in [1.54, 1.807) is 7.05 Å². The van der Waals surface area contributed by atoms with E-state index in [4.69, 9.17) is 5.73 Å². The average molecular weight is 252 g/mol. The van der Waals surface area contributed by atoms with Gasteiger partial charge in [-0.15, -0.1) is 0 Å². The Labute approximate surface area is 97.9 Å². The lowest BCUT2D eigenvalue weighted by molar-refractivity contribution is 0.217. The summed E-state index contributed by atoms with van der Waals surface area (Å²) >= 11 is 4.61. The van der Waals surface area contributed by atoms with Crippen LogP contribution in [0.3, 0.4) is 0 Å². The van der Waals surface area contributed by atoms with Crippen molar-refractivity contribution >= 4 is 27.2 Å². The van der Waals surface area contributed by atoms with Gasteiger partial charge in [0.25, 0.3) is 0 Å². The summed E-state index contributed by atoms with van der Waals surface area (Å²) in [5.41, 5.74) is 5.14. The summed E-state index contributed by atoms with van der Waals surface area (Å²) in [6, 6.07) is -0.100. The standard InChI is InChI=1S/C9H20N2O2S2/c1-7(9(2,3)4)11(5)15(12,13)6-8(10)14/h7H,6H2,1-5H3,(H2,10,14). The van der Waals surface area contributed by atoms with E-state index in [1.165, 1.54) is 4.31 Å². The van der Waals surface area contributed by atoms with Crippen LogP contribution in [0.25, 0.3) is 0 Å². The lowest BCUT2D eigenvalue weighted by Gasteiger charge is -2.34. The van der Waals surface area contributed by atoms with E-state index >= 15 is 0 Å². The van der Waals surface area contributed by atoms with E-state index in [2.05, 4.69) is 12.2 Å². The van der Waals surface area contributed by atoms with E-state index < -0.39 is 10.0 Å². The second kappa shape index (κ2) is 4.76. The van der Waals surface area contributed by atoms with Gasteiger partial charge in [0.15, 0.2) is 0 Å². The van der Waals surface area contributed by atoms with E-state index in [1.807, 2.05) is 27.7 Å². The van der Waals surface area contributed by atoms with Crippen LogP contribution in [0.1, 0.15) is 27.7 Å². The van der Waals surface area contributed by atoms with Crippen LogP contribution in [-0.2, 0) is 10.0 Å². The Hall–Kier alpha value is -0.200. The minimum atomic E-state index is -3.37. The first kappa shape index (κ1) is 14.8. The third kappa shape index (κ3) is 4.44. The molecule has 0 aliphatic rings. The monoisotopic (exact) mass is 252 g/mol. The zero-order valence-electron chi connectivity index (χ0n) is 9.94. The molecule has 0 aromatic rings. The van der Waals surface area contributed by atoms with Gasteiger partial charge >= 0.3 is 0 Å². The molecule has 0 aliphatic heterocycles. The van der Waals surface area contributed by atoms with Gasteiger partial charge in [-0.3, -0.25) is 0 Å². The molecule has 0 aliphatic carbocycles. The number of nitrogens with two attached hydrogens (primary N) is 1. The van der Waals surface area contributed by atoms with E-state index in [0.717, 1.165) is 0 Å². The highest BCUT2D eigenvalue weighted by atomic mass is 32.2. The maximum Gasteiger partial charge on any atom is 0.220 e. The molecule has 1 atom stereocenters. The fourth-order valence-electron chi connectivity index (χ4n) is 1.07. The highest BCUT2D eigenvalue weighted by molar-refractivity contribution is 7.92. The number of rotatable bonds is 4. The molecule has 0 rings (SSSR count). The number of hydrogen-bond acceptors (Lipinski definition) is 3. The molecule has 0 radical (unpaired) electrons. The first-order valence-corrected chi connectivity index (χ1v) is 6.74. The molecule has 0 aromatic heterocycles. The van der Waals surface area contributed by atoms with Crippen LogP contribution in [0.15, 0.2) is 0 Å². The van der Waals surface area contributed by atoms with Gasteiger partial charge in [0.1, 0.15) is 5.75 Å². The molecule has 90 valence electrons. The second-order valence-electron chi connectivity index (χ2n) is 4.78. The molecule has 0 aromatic carbocycles. The Balaban J connectivity index is 4.86. The summed E-state index contributed by atoms with van der Waals surface area (Å²) < 4.78 is 24.9. The van der Waals surface area contributed by atoms with Gasteiger partial charge in [0.05, 0.1) is 4.99 Å². The second-order valence-corrected chi connectivity index (χ2v) is 7.33. The minimum Gasteiger partial charge on any atom is -0.392 e. The van der Waals surface area contributed by atoms with Crippen molar-refractivity contribution in [2.24, 2.45) is 11.1 Å². The third-order valence-electron chi connectivity index (χ3n) is 2.56. The Bertz CT molecular complexity index is 331. The molecule has 6 heteroatoms. The van der Waals surface area contributed by atoms with Crippen molar-refractivity contribution in [1.82, 2.24) is 4.31 Å². The van der Waals surface area contributed by atoms with Crippen molar-refractivity contribution in [2.75, 3.05) is 12.8 Å². The lowest BCUT2D eigenvalue weighted by atomic mass is 9.88. The Morgan fingerprint density at radius 2 is 1.87 bits per heavy atom. The first-order chi connectivity index (χ1) is 6.48. The molecular weight excluding hydrogens is 232 g/mol. The highest BCUT2D eigenvalue weighted by Gasteiger charge is 2.31. The summed E-state index contributed by atoms with van der Waals surface area (Å²) in [6.45, 7) is 7.84. The van der Waals surface area contributed by atoms with Crippen LogP contribution in [0.5, 0.6) is 0 Å². The highest BCUT2D eigenvalue weighted by Crippen LogP contribution is 2.24. The molecule has 2 N–H and O–H groups in total. The van der Waals surface area contributed by atoms with Crippen molar-refractivity contribution in [3.05, 3.63) is 0 Å². The molecule has 0 saturated carbocycles. The molecule has 0 heterocycles. The van der Waals surface area contributed by atoms with Crippen LogP contribution in [-0.4, -0.2) is 36.6 Å². The van der Waals surface area contributed by atoms with E-state index in [9.17, 15) is 8.42 Å². The number of nitrogens with zero attached hydrogens (tertiary/aromatic N) is 1. The maximum absolute atomic E-state index is 11.8. The van der Waals surface area contributed by atoms with Gasteiger partial charge in [0, 0.05) is 13.1 Å². The predicted molar refractivity (Wildman–Crippen MR) is 67.3 cm³/mol. The van der Waals surface area contributed by atoms with E-state index in [0.29, 0.717) is 0 Å². The summed E-state index contributed by atoms with van der Waals surface area (Å²) in [5, 5.41) is 0. The molecule has 1 unspecified atom stereocenters. The maximum atomic E-state index is 11.8. The first-order valence-electron chi connectivity index (χ1n) is 4.72. The van der Waals surface area contributed by atoms with Gasteiger partial charge in [-0.1, -0.05) is 33.0 Å². The van der Waals surface area contributed by atoms with Gasteiger partial charge < -0.3 is 5.73 Å². The Kier molecular flexibility index (Phi) is 4.69. The molecule has 0 spiro atoms. The van der Waals surface area contributed by atoms with Gasteiger partial charge in [-0.25, -0.2) is 12.7 Å². The summed E-state index contributed by atoms with van der Waals surface area (Å²) in [7, 11) is -1.82. The smallest absolute Gasteiger partial charge is 0.220 e. The molecular formula is C9H20N2O2S2. The van der Waals surface area contributed by atoms with Crippen LogP contribution < -0.4 is 5.73 Å². The molecule has 4 nitrogen and oxygen atoms in total. The van der Waals surface area contributed by atoms with Gasteiger partial charge in [0.2, 0.25) is 10.0 Å². The Morgan fingerprint density at radius 1 is 1.47 bits per heavy atom. The lowest BCUT2D eigenvalue weighted by Crippen LogP contribution is -2.45. The molecule has 15 heavy (non-hydrogen) atoms. The third-order valence-corrected chi connectivity index (χ3v) is 4.76. The molecule has 0 saturated heterocycles. The largest absolute Gasteiger partial charge is 0.392 e. The van der Waals surface area contributed by atoms with Gasteiger partial charge in [-0.05, 0) is 12.3 Å². The summed E-state index contributed by atoms with van der Waals surface area (Å²) in [4.78, 5) is 0.00274. The minimum absolute atomic E-state index is 0.00274. The molecule has 0 fully saturated rings. The van der Waals surface area contributed by atoms with Crippen LogP contribution in [0.4, 0.5) is 0 Å². The van der Waals surface area contributed by atoms with Gasteiger partial charge in [-0.2, -0.15) is 0 Å². The van der Waals surface area contributed by atoms with Crippen LogP contribution >= 0.6 is 12.2 Å². The number of sulfonamides is 1. The normalized spacial score (nSPS) is 15.3. The SMILES string of the molecule is CC(N(C)S(=O)(=O)CC(N)=S)C(C)(C)C. The fraction of sp³-hybridized carbons (Fsp3) is 0.889. The van der Waals surface area contributed by atoms with Crippen molar-refractivity contribution in [3.8, 4) is 0 Å². The average Bonchev–Trinajstić information content (AvgIpc) is 1.97.